The number of fused-ring (bicyclic) bond motifs is 1. The van der Waals surface area contributed by atoms with E-state index in [2.05, 4.69) is 23.5 Å². The summed E-state index contributed by atoms with van der Waals surface area (Å²) in [5, 5.41) is 3.43. The second-order valence-corrected chi connectivity index (χ2v) is 4.77. The lowest BCUT2D eigenvalue weighted by atomic mass is 10.0. The van der Waals surface area contributed by atoms with E-state index in [4.69, 9.17) is 9.47 Å². The van der Waals surface area contributed by atoms with Crippen LogP contribution in [-0.4, -0.2) is 25.9 Å². The molecular weight excluding hydrogens is 214 g/mol. The number of ether oxygens (including phenoxy) is 2. The minimum atomic E-state index is 0.233. The molecule has 0 aliphatic carbocycles. The predicted molar refractivity (Wildman–Crippen MR) is 67.7 cm³/mol. The molecule has 0 amide bonds. The Morgan fingerprint density at radius 2 is 2.29 bits per heavy atom. The minimum absolute atomic E-state index is 0.233. The molecule has 1 atom stereocenters. The zero-order valence-corrected chi connectivity index (χ0v) is 10.1. The molecule has 1 N–H and O–H groups in total. The van der Waals surface area contributed by atoms with E-state index in [1.807, 2.05) is 0 Å². The molecule has 0 radical (unpaired) electrons. The van der Waals surface area contributed by atoms with Gasteiger partial charge in [-0.2, -0.15) is 0 Å². The zero-order valence-electron chi connectivity index (χ0n) is 10.1. The van der Waals surface area contributed by atoms with Crippen LogP contribution >= 0.6 is 0 Å². The van der Waals surface area contributed by atoms with Crippen LogP contribution in [0.4, 0.5) is 5.69 Å². The summed E-state index contributed by atoms with van der Waals surface area (Å²) in [6.45, 7) is 2.69. The van der Waals surface area contributed by atoms with Crippen molar-refractivity contribution in [2.75, 3.05) is 25.1 Å². The SMILES string of the molecule is c1cc2c(c(OC3CCCOC3)c1)CCCN2. The molecule has 2 aliphatic rings. The second-order valence-electron chi connectivity index (χ2n) is 4.77. The van der Waals surface area contributed by atoms with Crippen molar-refractivity contribution >= 4 is 5.69 Å². The summed E-state index contributed by atoms with van der Waals surface area (Å²) in [4.78, 5) is 0. The summed E-state index contributed by atoms with van der Waals surface area (Å²) in [5.74, 6) is 1.05. The Kier molecular flexibility index (Phi) is 3.18. The van der Waals surface area contributed by atoms with Gasteiger partial charge in [0.2, 0.25) is 0 Å². The molecule has 3 heteroatoms. The van der Waals surface area contributed by atoms with E-state index in [-0.39, 0.29) is 6.10 Å². The van der Waals surface area contributed by atoms with Gasteiger partial charge in [-0.3, -0.25) is 0 Å². The standard InChI is InChI=1S/C14H19NO2/c1-6-13-12(5-2-8-15-13)14(7-1)17-11-4-3-9-16-10-11/h1,6-7,11,15H,2-5,8-10H2. The Labute approximate surface area is 102 Å². The molecule has 3 rings (SSSR count). The van der Waals surface area contributed by atoms with Gasteiger partial charge in [0.25, 0.3) is 0 Å². The summed E-state index contributed by atoms with van der Waals surface area (Å²) in [6, 6.07) is 6.29. The highest BCUT2D eigenvalue weighted by molar-refractivity contribution is 5.59. The number of nitrogens with one attached hydrogen (secondary N) is 1. The van der Waals surface area contributed by atoms with Gasteiger partial charge in [0.15, 0.2) is 0 Å². The normalized spacial score (nSPS) is 23.6. The fourth-order valence-electron chi connectivity index (χ4n) is 2.57. The molecule has 0 bridgehead atoms. The van der Waals surface area contributed by atoms with E-state index in [1.165, 1.54) is 17.7 Å². The molecule has 1 aromatic rings. The number of rotatable bonds is 2. The van der Waals surface area contributed by atoms with Crippen molar-refractivity contribution in [3.05, 3.63) is 23.8 Å². The van der Waals surface area contributed by atoms with Crippen LogP contribution in [0.2, 0.25) is 0 Å². The van der Waals surface area contributed by atoms with Gasteiger partial charge in [-0.05, 0) is 37.8 Å². The quantitative estimate of drug-likeness (QED) is 0.851. The molecular formula is C14H19NO2. The average Bonchev–Trinajstić information content (AvgIpc) is 2.40. The van der Waals surface area contributed by atoms with Crippen molar-refractivity contribution in [1.29, 1.82) is 0 Å². The second kappa shape index (κ2) is 4.96. The average molecular weight is 233 g/mol. The molecule has 1 unspecified atom stereocenters. The van der Waals surface area contributed by atoms with Gasteiger partial charge in [-0.25, -0.2) is 0 Å². The largest absolute Gasteiger partial charge is 0.488 e. The van der Waals surface area contributed by atoms with Crippen LogP contribution in [0.1, 0.15) is 24.8 Å². The van der Waals surface area contributed by atoms with E-state index in [1.54, 1.807) is 0 Å². The van der Waals surface area contributed by atoms with Crippen LogP contribution in [0.5, 0.6) is 5.75 Å². The number of anilines is 1. The molecule has 1 fully saturated rings. The van der Waals surface area contributed by atoms with Crippen LogP contribution in [0, 0.1) is 0 Å². The summed E-state index contributed by atoms with van der Waals surface area (Å²) in [7, 11) is 0. The lowest BCUT2D eigenvalue weighted by Crippen LogP contribution is -2.28. The summed E-state index contributed by atoms with van der Waals surface area (Å²) < 4.78 is 11.5. The van der Waals surface area contributed by atoms with Gasteiger partial charge in [0.1, 0.15) is 11.9 Å². The van der Waals surface area contributed by atoms with Crippen molar-refractivity contribution in [3.63, 3.8) is 0 Å². The Morgan fingerprint density at radius 1 is 1.29 bits per heavy atom. The molecule has 17 heavy (non-hydrogen) atoms. The zero-order chi connectivity index (χ0) is 11.5. The molecule has 0 aromatic heterocycles. The van der Waals surface area contributed by atoms with Crippen molar-refractivity contribution < 1.29 is 9.47 Å². The first-order chi connectivity index (χ1) is 8.43. The van der Waals surface area contributed by atoms with Crippen molar-refractivity contribution in [2.24, 2.45) is 0 Å². The monoisotopic (exact) mass is 233 g/mol. The van der Waals surface area contributed by atoms with Gasteiger partial charge in [0.05, 0.1) is 6.61 Å². The van der Waals surface area contributed by atoms with E-state index < -0.39 is 0 Å². The lowest BCUT2D eigenvalue weighted by molar-refractivity contribution is 0.00705. The van der Waals surface area contributed by atoms with Crippen LogP contribution in [0.3, 0.4) is 0 Å². The van der Waals surface area contributed by atoms with Gasteiger partial charge in [-0.15, -0.1) is 0 Å². The number of hydrogen-bond acceptors (Lipinski definition) is 3. The Bertz CT molecular complexity index is 386. The van der Waals surface area contributed by atoms with Gasteiger partial charge < -0.3 is 14.8 Å². The fourth-order valence-corrected chi connectivity index (χ4v) is 2.57. The summed E-state index contributed by atoms with van der Waals surface area (Å²) in [6.07, 6.45) is 4.76. The van der Waals surface area contributed by atoms with Gasteiger partial charge >= 0.3 is 0 Å². The van der Waals surface area contributed by atoms with E-state index >= 15 is 0 Å². The topological polar surface area (TPSA) is 30.5 Å². The van der Waals surface area contributed by atoms with Crippen LogP contribution in [0.25, 0.3) is 0 Å². The Balaban J connectivity index is 1.77. The maximum atomic E-state index is 6.09. The van der Waals surface area contributed by atoms with Gasteiger partial charge in [-0.1, -0.05) is 6.07 Å². The summed E-state index contributed by atoms with van der Waals surface area (Å²) in [5.41, 5.74) is 2.58. The van der Waals surface area contributed by atoms with Crippen molar-refractivity contribution in [1.82, 2.24) is 0 Å². The number of hydrogen-bond donors (Lipinski definition) is 1. The lowest BCUT2D eigenvalue weighted by Gasteiger charge is -2.26. The highest BCUT2D eigenvalue weighted by Crippen LogP contribution is 2.31. The first-order valence-corrected chi connectivity index (χ1v) is 6.53. The first kappa shape index (κ1) is 10.9. The van der Waals surface area contributed by atoms with Crippen LogP contribution < -0.4 is 10.1 Å². The smallest absolute Gasteiger partial charge is 0.125 e. The van der Waals surface area contributed by atoms with Gasteiger partial charge in [0, 0.05) is 24.4 Å². The van der Waals surface area contributed by atoms with Crippen molar-refractivity contribution in [2.45, 2.75) is 31.8 Å². The highest BCUT2D eigenvalue weighted by Gasteiger charge is 2.19. The minimum Gasteiger partial charge on any atom is -0.488 e. The number of benzene rings is 1. The first-order valence-electron chi connectivity index (χ1n) is 6.53. The molecule has 1 aromatic carbocycles. The third-order valence-electron chi connectivity index (χ3n) is 3.46. The molecule has 92 valence electrons. The van der Waals surface area contributed by atoms with E-state index in [9.17, 15) is 0 Å². The molecule has 3 nitrogen and oxygen atoms in total. The maximum Gasteiger partial charge on any atom is 0.125 e. The maximum absolute atomic E-state index is 6.09. The Hall–Kier alpha value is -1.22. The van der Waals surface area contributed by atoms with E-state index in [0.717, 1.165) is 44.8 Å². The van der Waals surface area contributed by atoms with Crippen molar-refractivity contribution in [3.8, 4) is 5.75 Å². The molecule has 0 spiro atoms. The third kappa shape index (κ3) is 2.39. The molecule has 2 aliphatic heterocycles. The Morgan fingerprint density at radius 3 is 3.18 bits per heavy atom. The summed E-state index contributed by atoms with van der Waals surface area (Å²) >= 11 is 0. The van der Waals surface area contributed by atoms with Crippen LogP contribution in [0.15, 0.2) is 18.2 Å². The fraction of sp³-hybridized carbons (Fsp3) is 0.571. The predicted octanol–water partition coefficient (Wildman–Crippen LogP) is 2.60. The van der Waals surface area contributed by atoms with Crippen LogP contribution in [-0.2, 0) is 11.2 Å². The van der Waals surface area contributed by atoms with E-state index in [0.29, 0.717) is 0 Å². The highest BCUT2D eigenvalue weighted by atomic mass is 16.5. The third-order valence-corrected chi connectivity index (χ3v) is 3.46. The molecule has 1 saturated heterocycles. The molecule has 0 saturated carbocycles. The molecule has 2 heterocycles.